The molecule has 0 saturated carbocycles. The monoisotopic (exact) mass is 430 g/mol. The van der Waals surface area contributed by atoms with E-state index in [0.717, 1.165) is 5.56 Å². The second-order valence-electron chi connectivity index (χ2n) is 6.22. The number of benzene rings is 2. The molecule has 0 radical (unpaired) electrons. The molecule has 0 spiro atoms. The number of thiocarbonyl (C=S) groups is 1. The van der Waals surface area contributed by atoms with Gasteiger partial charge in [-0.25, -0.2) is 0 Å². The van der Waals surface area contributed by atoms with Crippen LogP contribution in [0.2, 0.25) is 5.02 Å². The zero-order chi connectivity index (χ0) is 20.8. The number of aryl methyl sites for hydroxylation is 1. The summed E-state index contributed by atoms with van der Waals surface area (Å²) < 4.78 is 10.9. The molecule has 2 aromatic carbocycles. The van der Waals surface area contributed by atoms with Crippen LogP contribution >= 0.6 is 23.8 Å². The van der Waals surface area contributed by atoms with Gasteiger partial charge in [-0.15, -0.1) is 0 Å². The van der Waals surface area contributed by atoms with E-state index in [1.807, 2.05) is 19.1 Å². The second-order valence-corrected chi connectivity index (χ2v) is 7.04. The molecule has 0 fully saturated rings. The Bertz CT molecular complexity index is 1020. The van der Waals surface area contributed by atoms with Crippen LogP contribution in [0.4, 0.5) is 5.69 Å². The molecule has 0 unspecified atom stereocenters. The summed E-state index contributed by atoms with van der Waals surface area (Å²) in [6.07, 6.45) is 0. The van der Waals surface area contributed by atoms with E-state index >= 15 is 0 Å². The molecular formula is C21H19ClN2O4S. The van der Waals surface area contributed by atoms with E-state index in [9.17, 15) is 4.79 Å². The van der Waals surface area contributed by atoms with Crippen molar-refractivity contribution in [2.45, 2.75) is 13.5 Å². The van der Waals surface area contributed by atoms with Crippen molar-refractivity contribution in [1.82, 2.24) is 5.32 Å². The van der Waals surface area contributed by atoms with Crippen molar-refractivity contribution in [3.05, 3.63) is 70.9 Å². The number of halogens is 1. The lowest BCUT2D eigenvalue weighted by molar-refractivity contribution is -0.121. The Hall–Kier alpha value is -2.87. The van der Waals surface area contributed by atoms with Gasteiger partial charge in [0.25, 0.3) is 5.91 Å². The van der Waals surface area contributed by atoms with Gasteiger partial charge in [-0.2, -0.15) is 0 Å². The van der Waals surface area contributed by atoms with E-state index in [4.69, 9.17) is 38.1 Å². The van der Waals surface area contributed by atoms with Gasteiger partial charge in [-0.1, -0.05) is 29.3 Å². The third kappa shape index (κ3) is 5.80. The number of furan rings is 1. The third-order valence-corrected chi connectivity index (χ3v) is 4.47. The van der Waals surface area contributed by atoms with Gasteiger partial charge in [0.1, 0.15) is 23.9 Å². The number of amides is 1. The van der Waals surface area contributed by atoms with E-state index in [0.29, 0.717) is 33.5 Å². The van der Waals surface area contributed by atoms with E-state index in [2.05, 4.69) is 10.6 Å². The summed E-state index contributed by atoms with van der Waals surface area (Å²) >= 11 is 11.5. The number of nitrogens with one attached hydrogen (secondary N) is 2. The highest BCUT2D eigenvalue weighted by atomic mass is 35.5. The van der Waals surface area contributed by atoms with Crippen molar-refractivity contribution < 1.29 is 19.1 Å². The number of aliphatic hydroxyl groups is 1. The quantitative estimate of drug-likeness (QED) is 0.506. The van der Waals surface area contributed by atoms with Crippen molar-refractivity contribution in [2.24, 2.45) is 0 Å². The molecule has 3 N–H and O–H groups in total. The summed E-state index contributed by atoms with van der Waals surface area (Å²) in [7, 11) is 0. The van der Waals surface area contributed by atoms with Crippen LogP contribution < -0.4 is 15.4 Å². The maximum Gasteiger partial charge on any atom is 0.264 e. The Labute approximate surface area is 178 Å². The third-order valence-electron chi connectivity index (χ3n) is 3.95. The Morgan fingerprint density at radius 2 is 1.93 bits per heavy atom. The second kappa shape index (κ2) is 9.56. The minimum absolute atomic E-state index is 0.131. The standard InChI is InChI=1S/C21H19ClN2O4S/c1-13-2-5-15(6-3-13)27-12-20(26)24-21(29)23-14-4-8-17(18(22)10-14)19-9-7-16(11-25)28-19/h2-10,25H,11-12H2,1H3,(H2,23,24,26,29). The molecule has 3 aromatic rings. The normalized spacial score (nSPS) is 10.4. The smallest absolute Gasteiger partial charge is 0.264 e. The molecule has 29 heavy (non-hydrogen) atoms. The van der Waals surface area contributed by atoms with Gasteiger partial charge in [0.15, 0.2) is 11.7 Å². The van der Waals surface area contributed by atoms with Gasteiger partial charge < -0.3 is 19.6 Å². The molecule has 3 rings (SSSR count). The number of carbonyl (C=O) groups excluding carboxylic acids is 1. The highest BCUT2D eigenvalue weighted by Gasteiger charge is 2.11. The highest BCUT2D eigenvalue weighted by Crippen LogP contribution is 2.31. The fraction of sp³-hybridized carbons (Fsp3) is 0.143. The lowest BCUT2D eigenvalue weighted by Crippen LogP contribution is -2.37. The molecule has 0 aliphatic heterocycles. The molecular weight excluding hydrogens is 412 g/mol. The van der Waals surface area contributed by atoms with E-state index < -0.39 is 0 Å². The van der Waals surface area contributed by atoms with E-state index in [1.54, 1.807) is 42.5 Å². The Balaban J connectivity index is 1.53. The fourth-order valence-corrected chi connectivity index (χ4v) is 3.01. The first-order valence-corrected chi connectivity index (χ1v) is 9.53. The zero-order valence-corrected chi connectivity index (χ0v) is 17.1. The number of rotatable bonds is 6. The molecule has 8 heteroatoms. The van der Waals surface area contributed by atoms with Crippen LogP contribution in [-0.2, 0) is 11.4 Å². The van der Waals surface area contributed by atoms with Gasteiger partial charge in [-0.3, -0.25) is 10.1 Å². The molecule has 0 atom stereocenters. The van der Waals surface area contributed by atoms with Gasteiger partial charge >= 0.3 is 0 Å². The topological polar surface area (TPSA) is 83.7 Å². The predicted octanol–water partition coefficient (Wildman–Crippen LogP) is 4.29. The summed E-state index contributed by atoms with van der Waals surface area (Å²) in [4.78, 5) is 12.0. The molecule has 6 nitrogen and oxygen atoms in total. The SMILES string of the molecule is Cc1ccc(OCC(=O)NC(=S)Nc2ccc(-c3ccc(CO)o3)c(Cl)c2)cc1. The molecule has 150 valence electrons. The lowest BCUT2D eigenvalue weighted by Gasteiger charge is -2.11. The largest absolute Gasteiger partial charge is 0.484 e. The molecule has 0 saturated heterocycles. The maximum absolute atomic E-state index is 12.0. The first-order valence-electron chi connectivity index (χ1n) is 8.74. The number of anilines is 1. The van der Waals surface area contributed by atoms with Gasteiger partial charge in [0, 0.05) is 11.3 Å². The first-order chi connectivity index (χ1) is 13.9. The molecule has 1 amide bonds. The van der Waals surface area contributed by atoms with Crippen molar-refractivity contribution in [3.63, 3.8) is 0 Å². The number of carbonyl (C=O) groups is 1. The van der Waals surface area contributed by atoms with Crippen LogP contribution in [0.3, 0.4) is 0 Å². The minimum Gasteiger partial charge on any atom is -0.484 e. The van der Waals surface area contributed by atoms with Gasteiger partial charge in [0.2, 0.25) is 0 Å². The van der Waals surface area contributed by atoms with Crippen LogP contribution in [0.15, 0.2) is 59.0 Å². The van der Waals surface area contributed by atoms with E-state index in [1.165, 1.54) is 0 Å². The Kier molecular flexibility index (Phi) is 6.87. The van der Waals surface area contributed by atoms with Crippen molar-refractivity contribution in [1.29, 1.82) is 0 Å². The summed E-state index contributed by atoms with van der Waals surface area (Å²) in [6, 6.07) is 16.0. The average Bonchev–Trinajstić information content (AvgIpc) is 3.16. The molecule has 0 bridgehead atoms. The highest BCUT2D eigenvalue weighted by molar-refractivity contribution is 7.80. The van der Waals surface area contributed by atoms with Gasteiger partial charge in [-0.05, 0) is 61.6 Å². The zero-order valence-electron chi connectivity index (χ0n) is 15.6. The van der Waals surface area contributed by atoms with Crippen LogP contribution in [0, 0.1) is 6.92 Å². The summed E-state index contributed by atoms with van der Waals surface area (Å²) in [5, 5.41) is 15.1. The maximum atomic E-state index is 12.0. The van der Waals surface area contributed by atoms with Crippen LogP contribution in [0.25, 0.3) is 11.3 Å². The number of hydrogen-bond donors (Lipinski definition) is 3. The van der Waals surface area contributed by atoms with Crippen molar-refractivity contribution in [3.8, 4) is 17.1 Å². The molecule has 1 heterocycles. The average molecular weight is 431 g/mol. The summed E-state index contributed by atoms with van der Waals surface area (Å²) in [5.41, 5.74) is 2.40. The Morgan fingerprint density at radius 1 is 1.17 bits per heavy atom. The summed E-state index contributed by atoms with van der Waals surface area (Å²) in [6.45, 7) is 1.63. The molecule has 1 aromatic heterocycles. The predicted molar refractivity (Wildman–Crippen MR) is 116 cm³/mol. The minimum atomic E-state index is -0.377. The summed E-state index contributed by atoms with van der Waals surface area (Å²) in [5.74, 6) is 1.23. The van der Waals surface area contributed by atoms with Crippen LogP contribution in [0.1, 0.15) is 11.3 Å². The fourth-order valence-electron chi connectivity index (χ4n) is 2.51. The van der Waals surface area contributed by atoms with E-state index in [-0.39, 0.29) is 24.2 Å². The van der Waals surface area contributed by atoms with Gasteiger partial charge in [0.05, 0.1) is 5.02 Å². The van der Waals surface area contributed by atoms with Crippen molar-refractivity contribution in [2.75, 3.05) is 11.9 Å². The molecule has 0 aliphatic rings. The molecule has 0 aliphatic carbocycles. The number of hydrogen-bond acceptors (Lipinski definition) is 5. The number of aliphatic hydroxyl groups excluding tert-OH is 1. The first kappa shape index (κ1) is 20.9. The van der Waals surface area contributed by atoms with Crippen LogP contribution in [0.5, 0.6) is 5.75 Å². The Morgan fingerprint density at radius 3 is 2.59 bits per heavy atom. The van der Waals surface area contributed by atoms with Crippen LogP contribution in [-0.4, -0.2) is 22.7 Å². The lowest BCUT2D eigenvalue weighted by atomic mass is 10.1. The number of ether oxygens (including phenoxy) is 1. The van der Waals surface area contributed by atoms with Crippen molar-refractivity contribution >= 4 is 40.5 Å².